The average molecular weight is 201 g/mol. The van der Waals surface area contributed by atoms with Crippen molar-refractivity contribution in [2.24, 2.45) is 0 Å². The van der Waals surface area contributed by atoms with E-state index in [9.17, 15) is 4.79 Å². The molecule has 1 aliphatic heterocycles. The van der Waals surface area contributed by atoms with E-state index >= 15 is 0 Å². The molecule has 1 aromatic rings. The Morgan fingerprint density at radius 3 is 3.13 bits per heavy atom. The lowest BCUT2D eigenvalue weighted by atomic mass is 9.82. The van der Waals surface area contributed by atoms with E-state index in [1.54, 1.807) is 0 Å². The molecule has 15 heavy (non-hydrogen) atoms. The van der Waals surface area contributed by atoms with Crippen LogP contribution in [0.25, 0.3) is 0 Å². The lowest BCUT2D eigenvalue weighted by Crippen LogP contribution is -2.33. The quantitative estimate of drug-likeness (QED) is 0.699. The van der Waals surface area contributed by atoms with Crippen LogP contribution >= 0.6 is 0 Å². The number of benzene rings is 1. The molecule has 2 aliphatic rings. The summed E-state index contributed by atoms with van der Waals surface area (Å²) in [7, 11) is 0. The third-order valence-electron chi connectivity index (χ3n) is 3.61. The van der Waals surface area contributed by atoms with E-state index in [1.165, 1.54) is 16.8 Å². The molecule has 0 unspecified atom stereocenters. The van der Waals surface area contributed by atoms with Crippen molar-refractivity contribution in [2.75, 3.05) is 5.32 Å². The van der Waals surface area contributed by atoms with E-state index in [2.05, 4.69) is 30.4 Å². The molecule has 1 saturated carbocycles. The molecule has 1 heterocycles. The van der Waals surface area contributed by atoms with Gasteiger partial charge in [0.05, 0.1) is 6.04 Å². The molecule has 0 radical (unpaired) electrons. The van der Waals surface area contributed by atoms with Crippen molar-refractivity contribution < 1.29 is 4.79 Å². The number of Topliss-reactive ketones (excluding diaryl/α,β-unsaturated/α-hetero) is 1. The smallest absolute Gasteiger partial charge is 0.155 e. The second-order valence-electron chi connectivity index (χ2n) is 4.68. The Kier molecular flexibility index (Phi) is 1.84. The molecule has 1 fully saturated rings. The summed E-state index contributed by atoms with van der Waals surface area (Å²) < 4.78 is 0. The summed E-state index contributed by atoms with van der Waals surface area (Å²) in [6, 6.07) is 6.51. The van der Waals surface area contributed by atoms with Gasteiger partial charge in [-0.1, -0.05) is 17.7 Å². The van der Waals surface area contributed by atoms with Gasteiger partial charge in [0.25, 0.3) is 0 Å². The van der Waals surface area contributed by atoms with Crippen molar-refractivity contribution in [1.82, 2.24) is 0 Å². The first-order valence-electron chi connectivity index (χ1n) is 5.65. The highest BCUT2D eigenvalue weighted by molar-refractivity contribution is 5.91. The third-order valence-corrected chi connectivity index (χ3v) is 3.61. The molecule has 0 spiro atoms. The van der Waals surface area contributed by atoms with E-state index in [-0.39, 0.29) is 6.04 Å². The van der Waals surface area contributed by atoms with E-state index in [1.807, 2.05) is 0 Å². The van der Waals surface area contributed by atoms with Crippen LogP contribution in [0.3, 0.4) is 0 Å². The summed E-state index contributed by atoms with van der Waals surface area (Å²) in [5, 5.41) is 3.36. The van der Waals surface area contributed by atoms with E-state index in [0.29, 0.717) is 11.7 Å². The molecule has 78 valence electrons. The summed E-state index contributed by atoms with van der Waals surface area (Å²) in [6.07, 6.45) is 2.95. The van der Waals surface area contributed by atoms with Gasteiger partial charge in [0, 0.05) is 18.0 Å². The summed E-state index contributed by atoms with van der Waals surface area (Å²) in [4.78, 5) is 11.8. The molecule has 1 aliphatic carbocycles. The molecular weight excluding hydrogens is 186 g/mol. The van der Waals surface area contributed by atoms with Gasteiger partial charge in [-0.15, -0.1) is 0 Å². The number of carbonyl (C=O) groups is 1. The predicted molar refractivity (Wildman–Crippen MR) is 60.2 cm³/mol. The minimum absolute atomic E-state index is 0.0653. The number of hydrogen-bond acceptors (Lipinski definition) is 2. The van der Waals surface area contributed by atoms with E-state index in [0.717, 1.165) is 19.3 Å². The maximum atomic E-state index is 11.8. The van der Waals surface area contributed by atoms with Crippen LogP contribution in [0.5, 0.6) is 0 Å². The first-order chi connectivity index (χ1) is 7.25. The molecule has 1 N–H and O–H groups in total. The van der Waals surface area contributed by atoms with Gasteiger partial charge >= 0.3 is 0 Å². The summed E-state index contributed by atoms with van der Waals surface area (Å²) >= 11 is 0. The van der Waals surface area contributed by atoms with Crippen LogP contribution in [0.1, 0.15) is 36.3 Å². The molecule has 2 atom stereocenters. The Morgan fingerprint density at radius 1 is 1.40 bits per heavy atom. The Labute approximate surface area is 89.7 Å². The van der Waals surface area contributed by atoms with Gasteiger partial charge in [0.15, 0.2) is 5.78 Å². The molecule has 0 bridgehead atoms. The van der Waals surface area contributed by atoms with Crippen LogP contribution in [0.15, 0.2) is 18.2 Å². The average Bonchev–Trinajstić information content (AvgIpc) is 2.58. The first kappa shape index (κ1) is 8.96. The maximum absolute atomic E-state index is 11.8. The van der Waals surface area contributed by atoms with Gasteiger partial charge in [-0.05, 0) is 31.4 Å². The third kappa shape index (κ3) is 1.28. The number of ketones is 1. The van der Waals surface area contributed by atoms with Crippen molar-refractivity contribution in [3.05, 3.63) is 29.3 Å². The topological polar surface area (TPSA) is 29.1 Å². The SMILES string of the molecule is Cc1ccc2c(c1)[C@@H]1CCCC(=O)[C@@H]1N2. The molecular formula is C13H15NO. The van der Waals surface area contributed by atoms with Crippen LogP contribution in [0, 0.1) is 6.92 Å². The van der Waals surface area contributed by atoms with Crippen molar-refractivity contribution in [3.8, 4) is 0 Å². The number of carbonyl (C=O) groups excluding carboxylic acids is 1. The van der Waals surface area contributed by atoms with Gasteiger partial charge in [-0.3, -0.25) is 4.79 Å². The molecule has 2 nitrogen and oxygen atoms in total. The van der Waals surface area contributed by atoms with Crippen molar-refractivity contribution in [3.63, 3.8) is 0 Å². The van der Waals surface area contributed by atoms with Crippen LogP contribution < -0.4 is 5.32 Å². The van der Waals surface area contributed by atoms with Gasteiger partial charge < -0.3 is 5.32 Å². The summed E-state index contributed by atoms with van der Waals surface area (Å²) in [6.45, 7) is 2.11. The molecule has 1 aromatic carbocycles. The Bertz CT molecular complexity index is 425. The van der Waals surface area contributed by atoms with Crippen LogP contribution in [-0.4, -0.2) is 11.8 Å². The Balaban J connectivity index is 2.05. The zero-order valence-corrected chi connectivity index (χ0v) is 8.92. The molecule has 0 saturated heterocycles. The fourth-order valence-electron chi connectivity index (χ4n) is 2.85. The lowest BCUT2D eigenvalue weighted by molar-refractivity contribution is -0.121. The predicted octanol–water partition coefficient (Wildman–Crippen LogP) is 2.63. The highest BCUT2D eigenvalue weighted by Gasteiger charge is 2.38. The van der Waals surface area contributed by atoms with Gasteiger partial charge in [0.2, 0.25) is 0 Å². The van der Waals surface area contributed by atoms with Crippen LogP contribution in [-0.2, 0) is 4.79 Å². The number of hydrogen-bond donors (Lipinski definition) is 1. The summed E-state index contributed by atoms with van der Waals surface area (Å²) in [5.41, 5.74) is 3.81. The largest absolute Gasteiger partial charge is 0.375 e. The van der Waals surface area contributed by atoms with E-state index in [4.69, 9.17) is 0 Å². The Hall–Kier alpha value is -1.31. The molecule has 3 rings (SSSR count). The van der Waals surface area contributed by atoms with Crippen molar-refractivity contribution >= 4 is 11.5 Å². The van der Waals surface area contributed by atoms with Crippen molar-refractivity contribution in [1.29, 1.82) is 0 Å². The maximum Gasteiger partial charge on any atom is 0.155 e. The fourth-order valence-corrected chi connectivity index (χ4v) is 2.85. The molecule has 2 heteroatoms. The minimum atomic E-state index is 0.0653. The minimum Gasteiger partial charge on any atom is -0.375 e. The van der Waals surface area contributed by atoms with Crippen molar-refractivity contribution in [2.45, 2.75) is 38.1 Å². The second-order valence-corrected chi connectivity index (χ2v) is 4.68. The van der Waals surface area contributed by atoms with Gasteiger partial charge in [0.1, 0.15) is 0 Å². The lowest BCUT2D eigenvalue weighted by Gasteiger charge is -2.24. The number of nitrogens with one attached hydrogen (secondary N) is 1. The van der Waals surface area contributed by atoms with E-state index < -0.39 is 0 Å². The standard InChI is InChI=1S/C13H15NO/c1-8-5-6-11-10(7-8)9-3-2-4-12(15)13(9)14-11/h5-7,9,13-14H,2-4H2,1H3/t9-,13+/m0/s1. The van der Waals surface area contributed by atoms with Crippen LogP contribution in [0.4, 0.5) is 5.69 Å². The zero-order valence-electron chi connectivity index (χ0n) is 8.92. The second kappa shape index (κ2) is 3.09. The summed E-state index contributed by atoms with van der Waals surface area (Å²) in [5.74, 6) is 0.821. The highest BCUT2D eigenvalue weighted by Crippen LogP contribution is 2.42. The Morgan fingerprint density at radius 2 is 2.27 bits per heavy atom. The van der Waals surface area contributed by atoms with Crippen LogP contribution in [0.2, 0.25) is 0 Å². The number of fused-ring (bicyclic) bond motifs is 3. The zero-order chi connectivity index (χ0) is 10.4. The normalized spacial score (nSPS) is 28.2. The van der Waals surface area contributed by atoms with Gasteiger partial charge in [-0.25, -0.2) is 0 Å². The first-order valence-corrected chi connectivity index (χ1v) is 5.65. The number of aryl methyl sites for hydroxylation is 1. The van der Waals surface area contributed by atoms with Gasteiger partial charge in [-0.2, -0.15) is 0 Å². The number of anilines is 1. The molecule has 0 amide bonds. The highest BCUT2D eigenvalue weighted by atomic mass is 16.1. The molecule has 0 aromatic heterocycles. The number of rotatable bonds is 0. The monoisotopic (exact) mass is 201 g/mol. The fraction of sp³-hybridized carbons (Fsp3) is 0.462.